The van der Waals surface area contributed by atoms with Gasteiger partial charge in [0.1, 0.15) is 5.75 Å². The summed E-state index contributed by atoms with van der Waals surface area (Å²) in [7, 11) is 0. The van der Waals surface area contributed by atoms with Crippen molar-refractivity contribution in [3.63, 3.8) is 0 Å². The highest BCUT2D eigenvalue weighted by Crippen LogP contribution is 2.36. The molecule has 1 heterocycles. The number of carbonyl (C=O) groups excluding carboxylic acids is 3. The van der Waals surface area contributed by atoms with Gasteiger partial charge in [-0.3, -0.25) is 19.7 Å². The maximum Gasteiger partial charge on any atom is 0.255 e. The summed E-state index contributed by atoms with van der Waals surface area (Å²) in [6.45, 7) is 4.36. The van der Waals surface area contributed by atoms with Crippen molar-refractivity contribution in [1.82, 2.24) is 5.32 Å². The number of anilines is 1. The van der Waals surface area contributed by atoms with E-state index in [4.69, 9.17) is 4.74 Å². The summed E-state index contributed by atoms with van der Waals surface area (Å²) in [6.07, 6.45) is 1.42. The number of imide groups is 1. The molecule has 2 aromatic carbocycles. The van der Waals surface area contributed by atoms with Crippen molar-refractivity contribution in [2.45, 2.75) is 38.5 Å². The van der Waals surface area contributed by atoms with E-state index in [0.29, 0.717) is 42.9 Å². The van der Waals surface area contributed by atoms with Gasteiger partial charge in [0.05, 0.1) is 12.0 Å². The van der Waals surface area contributed by atoms with Gasteiger partial charge in [0.25, 0.3) is 5.91 Å². The van der Waals surface area contributed by atoms with Crippen LogP contribution in [-0.2, 0) is 15.0 Å². The van der Waals surface area contributed by atoms with E-state index in [1.807, 2.05) is 26.0 Å². The summed E-state index contributed by atoms with van der Waals surface area (Å²) in [4.78, 5) is 36.5. The third-order valence-electron chi connectivity index (χ3n) is 5.17. The van der Waals surface area contributed by atoms with Gasteiger partial charge in [0.15, 0.2) is 0 Å². The van der Waals surface area contributed by atoms with Crippen molar-refractivity contribution in [3.8, 4) is 5.75 Å². The Labute approximate surface area is 164 Å². The van der Waals surface area contributed by atoms with Crippen LogP contribution in [0.25, 0.3) is 0 Å². The molecular formula is C22H24N2O4. The maximum atomic E-state index is 12.5. The van der Waals surface area contributed by atoms with Crippen LogP contribution >= 0.6 is 0 Å². The van der Waals surface area contributed by atoms with Gasteiger partial charge in [0.2, 0.25) is 11.8 Å². The van der Waals surface area contributed by atoms with Crippen molar-refractivity contribution in [3.05, 3.63) is 59.7 Å². The van der Waals surface area contributed by atoms with E-state index in [9.17, 15) is 14.4 Å². The molecule has 6 heteroatoms. The standard InChI is InChI=1S/C22H24N2O4/c1-3-22(13-12-19(25)24-21(22)27)16-8-10-17(11-9-16)23-20(26)15-6-5-7-18(14-15)28-4-2/h5-11,14H,3-4,12-13H2,1-2H3,(H,23,26)(H,24,25,27). The van der Waals surface area contributed by atoms with Gasteiger partial charge in [-0.15, -0.1) is 0 Å². The SMILES string of the molecule is CCOc1cccc(C(=O)Nc2ccc(C3(CC)CCC(=O)NC3=O)cc2)c1. The Morgan fingerprint density at radius 1 is 1.14 bits per heavy atom. The molecule has 2 aromatic rings. The molecule has 2 N–H and O–H groups in total. The lowest BCUT2D eigenvalue weighted by molar-refractivity contribution is -0.138. The Bertz CT molecular complexity index is 892. The molecule has 1 saturated heterocycles. The van der Waals surface area contributed by atoms with Crippen LogP contribution in [0.2, 0.25) is 0 Å². The van der Waals surface area contributed by atoms with E-state index in [1.54, 1.807) is 36.4 Å². The highest BCUT2D eigenvalue weighted by Gasteiger charge is 2.42. The molecule has 1 atom stereocenters. The van der Waals surface area contributed by atoms with Crippen LogP contribution in [0.15, 0.2) is 48.5 Å². The lowest BCUT2D eigenvalue weighted by Gasteiger charge is -2.35. The predicted octanol–water partition coefficient (Wildman–Crippen LogP) is 3.42. The quantitative estimate of drug-likeness (QED) is 0.752. The topological polar surface area (TPSA) is 84.5 Å². The maximum absolute atomic E-state index is 12.5. The van der Waals surface area contributed by atoms with Crippen molar-refractivity contribution in [2.24, 2.45) is 0 Å². The molecule has 28 heavy (non-hydrogen) atoms. The molecule has 1 aliphatic heterocycles. The molecule has 146 valence electrons. The average Bonchev–Trinajstić information content (AvgIpc) is 2.70. The molecule has 0 aromatic heterocycles. The van der Waals surface area contributed by atoms with Crippen LogP contribution in [0, 0.1) is 0 Å². The minimum Gasteiger partial charge on any atom is -0.494 e. The van der Waals surface area contributed by atoms with Crippen LogP contribution in [-0.4, -0.2) is 24.3 Å². The molecule has 1 unspecified atom stereocenters. The molecule has 0 spiro atoms. The summed E-state index contributed by atoms with van der Waals surface area (Å²) < 4.78 is 5.43. The highest BCUT2D eigenvalue weighted by atomic mass is 16.5. The average molecular weight is 380 g/mol. The number of nitrogens with one attached hydrogen (secondary N) is 2. The van der Waals surface area contributed by atoms with Crippen LogP contribution < -0.4 is 15.4 Å². The van der Waals surface area contributed by atoms with E-state index in [0.717, 1.165) is 5.56 Å². The van der Waals surface area contributed by atoms with Gasteiger partial charge >= 0.3 is 0 Å². The Morgan fingerprint density at radius 2 is 1.89 bits per heavy atom. The van der Waals surface area contributed by atoms with Crippen LogP contribution in [0.3, 0.4) is 0 Å². The molecule has 1 fully saturated rings. The summed E-state index contributed by atoms with van der Waals surface area (Å²) >= 11 is 0. The third kappa shape index (κ3) is 3.91. The van der Waals surface area contributed by atoms with E-state index in [2.05, 4.69) is 10.6 Å². The molecule has 0 aliphatic carbocycles. The molecular weight excluding hydrogens is 356 g/mol. The summed E-state index contributed by atoms with van der Waals surface area (Å²) in [5.74, 6) is -0.0724. The molecule has 0 saturated carbocycles. The summed E-state index contributed by atoms with van der Waals surface area (Å²) in [5.41, 5.74) is 1.28. The zero-order valence-corrected chi connectivity index (χ0v) is 16.1. The first-order valence-electron chi connectivity index (χ1n) is 9.47. The van der Waals surface area contributed by atoms with Gasteiger partial charge in [-0.25, -0.2) is 0 Å². The smallest absolute Gasteiger partial charge is 0.255 e. The largest absolute Gasteiger partial charge is 0.494 e. The summed E-state index contributed by atoms with van der Waals surface area (Å²) in [6, 6.07) is 14.2. The number of hydrogen-bond acceptors (Lipinski definition) is 4. The van der Waals surface area contributed by atoms with Crippen molar-refractivity contribution in [2.75, 3.05) is 11.9 Å². The fourth-order valence-electron chi connectivity index (χ4n) is 3.54. The predicted molar refractivity (Wildman–Crippen MR) is 106 cm³/mol. The number of rotatable bonds is 6. The monoisotopic (exact) mass is 380 g/mol. The lowest BCUT2D eigenvalue weighted by Crippen LogP contribution is -2.51. The van der Waals surface area contributed by atoms with Gasteiger partial charge in [0, 0.05) is 17.7 Å². The number of piperidine rings is 1. The number of benzene rings is 2. The Morgan fingerprint density at radius 3 is 2.54 bits per heavy atom. The normalized spacial score (nSPS) is 19.1. The highest BCUT2D eigenvalue weighted by molar-refractivity contribution is 6.05. The lowest BCUT2D eigenvalue weighted by atomic mass is 9.72. The molecule has 6 nitrogen and oxygen atoms in total. The first-order chi connectivity index (χ1) is 13.5. The molecule has 3 rings (SSSR count). The van der Waals surface area contributed by atoms with Gasteiger partial charge in [-0.2, -0.15) is 0 Å². The fraction of sp³-hybridized carbons (Fsp3) is 0.318. The minimum absolute atomic E-state index is 0.229. The molecule has 0 bridgehead atoms. The van der Waals surface area contributed by atoms with Crippen molar-refractivity contribution in [1.29, 1.82) is 0 Å². The van der Waals surface area contributed by atoms with Gasteiger partial charge in [-0.1, -0.05) is 25.1 Å². The number of ether oxygens (including phenoxy) is 1. The second-order valence-corrected chi connectivity index (χ2v) is 6.81. The second kappa shape index (κ2) is 8.25. The van der Waals surface area contributed by atoms with Crippen molar-refractivity contribution < 1.29 is 19.1 Å². The number of amides is 3. The van der Waals surface area contributed by atoms with Crippen LogP contribution in [0.4, 0.5) is 5.69 Å². The number of hydrogen-bond donors (Lipinski definition) is 2. The van der Waals surface area contributed by atoms with Gasteiger partial charge < -0.3 is 10.1 Å². The van der Waals surface area contributed by atoms with E-state index >= 15 is 0 Å². The van der Waals surface area contributed by atoms with Gasteiger partial charge in [-0.05, 0) is 55.7 Å². The first kappa shape index (κ1) is 19.6. The van der Waals surface area contributed by atoms with Crippen molar-refractivity contribution >= 4 is 23.4 Å². The molecule has 0 radical (unpaired) electrons. The first-order valence-corrected chi connectivity index (χ1v) is 9.47. The summed E-state index contributed by atoms with van der Waals surface area (Å²) in [5, 5.41) is 5.30. The third-order valence-corrected chi connectivity index (χ3v) is 5.17. The van der Waals surface area contributed by atoms with Crippen LogP contribution in [0.1, 0.15) is 49.0 Å². The zero-order valence-electron chi connectivity index (χ0n) is 16.1. The Kier molecular flexibility index (Phi) is 5.78. The minimum atomic E-state index is -0.706. The van der Waals surface area contributed by atoms with E-state index in [-0.39, 0.29) is 17.7 Å². The van der Waals surface area contributed by atoms with Crippen LogP contribution in [0.5, 0.6) is 5.75 Å². The molecule has 1 aliphatic rings. The fourth-order valence-corrected chi connectivity index (χ4v) is 3.54. The van der Waals surface area contributed by atoms with E-state index < -0.39 is 5.41 Å². The molecule has 3 amide bonds. The Balaban J connectivity index is 1.75. The zero-order chi connectivity index (χ0) is 20.1. The Hall–Kier alpha value is -3.15. The number of carbonyl (C=O) groups is 3. The van der Waals surface area contributed by atoms with E-state index in [1.165, 1.54) is 0 Å². The second-order valence-electron chi connectivity index (χ2n) is 6.81.